The second kappa shape index (κ2) is 7.92. The molecule has 1 aromatic carbocycles. The Kier molecular flexibility index (Phi) is 5.65. The van der Waals surface area contributed by atoms with Gasteiger partial charge in [-0.3, -0.25) is 14.3 Å². The number of rotatable bonds is 7. The lowest BCUT2D eigenvalue weighted by Gasteiger charge is -2.07. The summed E-state index contributed by atoms with van der Waals surface area (Å²) in [6.07, 6.45) is 4.28. The molecule has 2 N–H and O–H groups in total. The normalized spacial score (nSPS) is 10.2. The lowest BCUT2D eigenvalue weighted by molar-refractivity contribution is -0.121. The molecule has 22 heavy (non-hydrogen) atoms. The predicted octanol–water partition coefficient (Wildman–Crippen LogP) is 1.33. The third kappa shape index (κ3) is 5.35. The van der Waals surface area contributed by atoms with Crippen LogP contribution in [0.15, 0.2) is 36.9 Å². The first-order valence-corrected chi connectivity index (χ1v) is 7.09. The molecule has 0 fully saturated rings. The lowest BCUT2D eigenvalue weighted by atomic mass is 10.2. The summed E-state index contributed by atoms with van der Waals surface area (Å²) in [7, 11) is 0. The van der Waals surface area contributed by atoms with E-state index in [0.29, 0.717) is 19.5 Å². The van der Waals surface area contributed by atoms with Crippen molar-refractivity contribution in [3.8, 4) is 0 Å². The number of aromatic nitrogens is 3. The van der Waals surface area contributed by atoms with Gasteiger partial charge in [0.15, 0.2) is 0 Å². The summed E-state index contributed by atoms with van der Waals surface area (Å²) < 4.78 is 1.70. The second-order valence-corrected chi connectivity index (χ2v) is 4.92. The summed E-state index contributed by atoms with van der Waals surface area (Å²) in [6, 6.07) is 7.38. The maximum absolute atomic E-state index is 11.7. The molecule has 0 saturated heterocycles. The van der Waals surface area contributed by atoms with Crippen molar-refractivity contribution in [3.05, 3.63) is 42.5 Å². The molecule has 0 spiro atoms. The molecule has 2 aromatic rings. The Hall–Kier alpha value is -2.70. The van der Waals surface area contributed by atoms with E-state index in [1.807, 2.05) is 24.3 Å². The molecule has 0 radical (unpaired) electrons. The number of benzene rings is 1. The van der Waals surface area contributed by atoms with Gasteiger partial charge in [-0.1, -0.05) is 12.1 Å². The molecule has 7 nitrogen and oxygen atoms in total. The largest absolute Gasteiger partial charge is 0.352 e. The van der Waals surface area contributed by atoms with Crippen LogP contribution in [-0.4, -0.2) is 26.6 Å². The van der Waals surface area contributed by atoms with E-state index in [1.54, 1.807) is 11.0 Å². The maximum atomic E-state index is 11.7. The Morgan fingerprint density at radius 1 is 1.23 bits per heavy atom. The highest BCUT2D eigenvalue weighted by Crippen LogP contribution is 2.09. The minimum atomic E-state index is -0.103. The van der Waals surface area contributed by atoms with E-state index in [-0.39, 0.29) is 11.8 Å². The molecule has 1 heterocycles. The van der Waals surface area contributed by atoms with Crippen LogP contribution in [0.25, 0.3) is 0 Å². The van der Waals surface area contributed by atoms with Crippen molar-refractivity contribution in [1.82, 2.24) is 20.1 Å². The quantitative estimate of drug-likeness (QED) is 0.807. The van der Waals surface area contributed by atoms with E-state index < -0.39 is 0 Å². The van der Waals surface area contributed by atoms with Crippen LogP contribution < -0.4 is 10.6 Å². The van der Waals surface area contributed by atoms with Crippen LogP contribution in [0.5, 0.6) is 0 Å². The molecular weight excluding hydrogens is 282 g/mol. The molecule has 1 aromatic heterocycles. The molecule has 0 unspecified atom stereocenters. The molecule has 2 rings (SSSR count). The smallest absolute Gasteiger partial charge is 0.221 e. The first-order valence-electron chi connectivity index (χ1n) is 7.09. The number of aryl methyl sites for hydroxylation is 1. The van der Waals surface area contributed by atoms with Gasteiger partial charge < -0.3 is 10.6 Å². The lowest BCUT2D eigenvalue weighted by Crippen LogP contribution is -2.22. The van der Waals surface area contributed by atoms with Crippen LogP contribution in [0.2, 0.25) is 0 Å². The minimum absolute atomic E-state index is 0.00560. The molecule has 7 heteroatoms. The molecule has 0 aliphatic rings. The molecule has 0 bridgehead atoms. The third-order valence-electron chi connectivity index (χ3n) is 3.02. The average Bonchev–Trinajstić information content (AvgIpc) is 2.99. The number of nitrogens with one attached hydrogen (secondary N) is 2. The Bertz CT molecular complexity index is 607. The number of hydrogen-bond donors (Lipinski definition) is 2. The number of carbonyl (C=O) groups is 2. The van der Waals surface area contributed by atoms with Gasteiger partial charge in [0.25, 0.3) is 0 Å². The summed E-state index contributed by atoms with van der Waals surface area (Å²) in [5.41, 5.74) is 1.73. The molecular formula is C15H19N5O2. The average molecular weight is 301 g/mol. The maximum Gasteiger partial charge on any atom is 0.221 e. The zero-order chi connectivity index (χ0) is 15.8. The summed E-state index contributed by atoms with van der Waals surface area (Å²) in [5.74, 6) is -0.0977. The van der Waals surface area contributed by atoms with Crippen LogP contribution in [0.3, 0.4) is 0 Å². The van der Waals surface area contributed by atoms with Crippen LogP contribution in [-0.2, 0) is 22.7 Å². The fourth-order valence-electron chi connectivity index (χ4n) is 1.95. The number of anilines is 1. The van der Waals surface area contributed by atoms with E-state index in [9.17, 15) is 9.59 Å². The molecule has 0 atom stereocenters. The van der Waals surface area contributed by atoms with Gasteiger partial charge in [-0.25, -0.2) is 4.98 Å². The van der Waals surface area contributed by atoms with E-state index in [2.05, 4.69) is 20.7 Å². The van der Waals surface area contributed by atoms with E-state index >= 15 is 0 Å². The van der Waals surface area contributed by atoms with Gasteiger partial charge in [0.1, 0.15) is 12.7 Å². The number of amides is 2. The van der Waals surface area contributed by atoms with Crippen molar-refractivity contribution in [3.63, 3.8) is 0 Å². The standard InChI is InChI=1S/C15H19N5O2/c1-12(21)19-14-6-4-13(5-7-14)9-17-15(22)3-2-8-20-11-16-10-18-20/h4-7,10-11H,2-3,8-9H2,1H3,(H,17,22)(H,19,21). The number of nitrogens with zero attached hydrogens (tertiary/aromatic N) is 3. The van der Waals surface area contributed by atoms with Crippen LogP contribution in [0, 0.1) is 0 Å². The van der Waals surface area contributed by atoms with Gasteiger partial charge in [0.05, 0.1) is 0 Å². The molecule has 2 amide bonds. The highest BCUT2D eigenvalue weighted by atomic mass is 16.2. The Balaban J connectivity index is 1.68. The van der Waals surface area contributed by atoms with Gasteiger partial charge >= 0.3 is 0 Å². The minimum Gasteiger partial charge on any atom is -0.352 e. The Morgan fingerprint density at radius 3 is 2.64 bits per heavy atom. The van der Waals surface area contributed by atoms with Gasteiger partial charge in [0, 0.05) is 32.1 Å². The highest BCUT2D eigenvalue weighted by molar-refractivity contribution is 5.88. The van der Waals surface area contributed by atoms with E-state index in [0.717, 1.165) is 17.7 Å². The summed E-state index contributed by atoms with van der Waals surface area (Å²) >= 11 is 0. The fraction of sp³-hybridized carbons (Fsp3) is 0.333. The zero-order valence-corrected chi connectivity index (χ0v) is 12.5. The van der Waals surface area contributed by atoms with Crippen molar-refractivity contribution in [2.75, 3.05) is 5.32 Å². The topological polar surface area (TPSA) is 88.9 Å². The number of carbonyl (C=O) groups excluding carboxylic acids is 2. The summed E-state index contributed by atoms with van der Waals surface area (Å²) in [5, 5.41) is 9.55. The third-order valence-corrected chi connectivity index (χ3v) is 3.02. The summed E-state index contributed by atoms with van der Waals surface area (Å²) in [6.45, 7) is 2.62. The Labute approximate surface area is 128 Å². The summed E-state index contributed by atoms with van der Waals surface area (Å²) in [4.78, 5) is 26.5. The first-order chi connectivity index (χ1) is 10.6. The van der Waals surface area contributed by atoms with Crippen LogP contribution in [0.1, 0.15) is 25.3 Å². The molecule has 116 valence electrons. The Morgan fingerprint density at radius 2 is 2.00 bits per heavy atom. The highest BCUT2D eigenvalue weighted by Gasteiger charge is 2.02. The van der Waals surface area contributed by atoms with Gasteiger partial charge in [-0.15, -0.1) is 0 Å². The van der Waals surface area contributed by atoms with Gasteiger partial charge in [0.2, 0.25) is 11.8 Å². The van der Waals surface area contributed by atoms with Crippen molar-refractivity contribution >= 4 is 17.5 Å². The SMILES string of the molecule is CC(=O)Nc1ccc(CNC(=O)CCCn2cncn2)cc1. The fourth-order valence-corrected chi connectivity index (χ4v) is 1.95. The molecule has 0 aliphatic carbocycles. The van der Waals surface area contributed by atoms with Gasteiger partial charge in [-0.05, 0) is 24.1 Å². The predicted molar refractivity (Wildman–Crippen MR) is 81.8 cm³/mol. The van der Waals surface area contributed by atoms with Crippen molar-refractivity contribution < 1.29 is 9.59 Å². The number of hydrogen-bond acceptors (Lipinski definition) is 4. The monoisotopic (exact) mass is 301 g/mol. The van der Waals surface area contributed by atoms with Crippen molar-refractivity contribution in [2.45, 2.75) is 32.9 Å². The molecule has 0 saturated carbocycles. The zero-order valence-electron chi connectivity index (χ0n) is 12.5. The van der Waals surface area contributed by atoms with Gasteiger partial charge in [-0.2, -0.15) is 5.10 Å². The van der Waals surface area contributed by atoms with Crippen LogP contribution in [0.4, 0.5) is 5.69 Å². The van der Waals surface area contributed by atoms with Crippen molar-refractivity contribution in [2.24, 2.45) is 0 Å². The van der Waals surface area contributed by atoms with E-state index in [4.69, 9.17) is 0 Å². The van der Waals surface area contributed by atoms with E-state index in [1.165, 1.54) is 13.3 Å². The molecule has 0 aliphatic heterocycles. The van der Waals surface area contributed by atoms with Crippen LogP contribution >= 0.6 is 0 Å². The van der Waals surface area contributed by atoms with Crippen molar-refractivity contribution in [1.29, 1.82) is 0 Å². The second-order valence-electron chi connectivity index (χ2n) is 4.92. The first kappa shape index (κ1) is 15.7.